The van der Waals surface area contributed by atoms with Gasteiger partial charge >= 0.3 is 0 Å². The van der Waals surface area contributed by atoms with Gasteiger partial charge in [-0.15, -0.1) is 0 Å². The van der Waals surface area contributed by atoms with Gasteiger partial charge < -0.3 is 10.1 Å². The molecule has 0 aromatic heterocycles. The average molecular weight is 352 g/mol. The molecule has 1 N–H and O–H groups in total. The quantitative estimate of drug-likeness (QED) is 0.710. The Kier molecular flexibility index (Phi) is 7.24. The zero-order valence-electron chi connectivity index (χ0n) is 12.7. The largest absolute Gasteiger partial charge is 0.494 e. The molecule has 0 saturated carbocycles. The minimum absolute atomic E-state index is 0.000697. The summed E-state index contributed by atoms with van der Waals surface area (Å²) in [5, 5.41) is 3.92. The second kappa shape index (κ2) is 9.43. The van der Waals surface area contributed by atoms with Crippen molar-refractivity contribution in [2.45, 2.75) is 19.3 Å². The highest BCUT2D eigenvalue weighted by atomic mass is 35.5. The minimum atomic E-state index is 0.000697. The molecule has 0 radical (unpaired) electrons. The van der Waals surface area contributed by atoms with E-state index in [0.29, 0.717) is 36.0 Å². The number of carbonyl (C=O) groups excluding carboxylic acids is 1. The van der Waals surface area contributed by atoms with Crippen molar-refractivity contribution in [3.8, 4) is 5.75 Å². The van der Waals surface area contributed by atoms with Gasteiger partial charge in [0.15, 0.2) is 0 Å². The molecule has 3 nitrogen and oxygen atoms in total. The van der Waals surface area contributed by atoms with Crippen molar-refractivity contribution in [2.75, 3.05) is 13.2 Å². The molecule has 0 fully saturated rings. The number of carbonyl (C=O) groups is 1. The second-order valence-corrected chi connectivity index (χ2v) is 5.86. The molecule has 0 spiro atoms. The summed E-state index contributed by atoms with van der Waals surface area (Å²) in [6.45, 7) is 1.17. The first-order valence-electron chi connectivity index (χ1n) is 7.54. The molecule has 5 heteroatoms. The number of aryl methyl sites for hydroxylation is 1. The zero-order chi connectivity index (χ0) is 16.5. The van der Waals surface area contributed by atoms with Crippen LogP contribution in [0.5, 0.6) is 5.75 Å². The summed E-state index contributed by atoms with van der Waals surface area (Å²) in [5.74, 6) is 0.843. The van der Waals surface area contributed by atoms with E-state index in [2.05, 4.69) is 5.32 Å². The van der Waals surface area contributed by atoms with E-state index in [0.717, 1.165) is 17.7 Å². The van der Waals surface area contributed by atoms with Crippen molar-refractivity contribution >= 4 is 29.1 Å². The van der Waals surface area contributed by atoms with Crippen molar-refractivity contribution in [1.29, 1.82) is 0 Å². The lowest BCUT2D eigenvalue weighted by molar-refractivity contribution is -0.121. The molecule has 0 aliphatic heterocycles. The van der Waals surface area contributed by atoms with Gasteiger partial charge in [-0.05, 0) is 36.6 Å². The highest BCUT2D eigenvalue weighted by Gasteiger charge is 2.07. The van der Waals surface area contributed by atoms with Gasteiger partial charge in [0.1, 0.15) is 5.75 Å². The molecule has 0 aliphatic rings. The number of para-hydroxylation sites is 1. The minimum Gasteiger partial charge on any atom is -0.494 e. The van der Waals surface area contributed by atoms with Gasteiger partial charge in [0.25, 0.3) is 0 Å². The van der Waals surface area contributed by atoms with Crippen LogP contribution in [0.1, 0.15) is 18.4 Å². The molecule has 1 amide bonds. The van der Waals surface area contributed by atoms with Crippen molar-refractivity contribution in [3.05, 3.63) is 64.1 Å². The highest BCUT2D eigenvalue weighted by Crippen LogP contribution is 2.26. The van der Waals surface area contributed by atoms with E-state index >= 15 is 0 Å². The van der Waals surface area contributed by atoms with Gasteiger partial charge in [0.05, 0.1) is 16.7 Å². The third-order valence-corrected chi connectivity index (χ3v) is 4.17. The van der Waals surface area contributed by atoms with Crippen molar-refractivity contribution in [3.63, 3.8) is 0 Å². The number of hydrogen-bond donors (Lipinski definition) is 1. The van der Waals surface area contributed by atoms with Gasteiger partial charge in [-0.25, -0.2) is 0 Å². The van der Waals surface area contributed by atoms with Crippen LogP contribution in [0.15, 0.2) is 48.5 Å². The number of amides is 1. The number of ether oxygens (including phenoxy) is 1. The first-order chi connectivity index (χ1) is 11.2. The number of rotatable bonds is 8. The van der Waals surface area contributed by atoms with Crippen molar-refractivity contribution in [2.24, 2.45) is 0 Å². The lowest BCUT2D eigenvalue weighted by Gasteiger charge is -2.08. The summed E-state index contributed by atoms with van der Waals surface area (Å²) in [5.41, 5.74) is 0.890. The molecule has 0 saturated heterocycles. The Morgan fingerprint density at radius 2 is 1.83 bits per heavy atom. The number of nitrogens with one attached hydrogen (secondary N) is 1. The fraction of sp³-hybridized carbons (Fsp3) is 0.278. The summed E-state index contributed by atoms with van der Waals surface area (Å²) in [6, 6.07) is 15.1. The Bertz CT molecular complexity index is 632. The second-order valence-electron chi connectivity index (χ2n) is 5.08. The monoisotopic (exact) mass is 351 g/mol. The van der Waals surface area contributed by atoms with Crippen molar-refractivity contribution in [1.82, 2.24) is 5.32 Å². The third-order valence-electron chi connectivity index (χ3n) is 3.31. The van der Waals surface area contributed by atoms with E-state index in [1.54, 1.807) is 6.07 Å². The number of benzene rings is 2. The fourth-order valence-electron chi connectivity index (χ4n) is 2.08. The molecule has 2 rings (SSSR count). The smallest absolute Gasteiger partial charge is 0.220 e. The molecule has 0 aliphatic carbocycles. The van der Waals surface area contributed by atoms with Crippen LogP contribution in [0, 0.1) is 0 Å². The molecule has 0 heterocycles. The van der Waals surface area contributed by atoms with E-state index in [1.165, 1.54) is 0 Å². The molecule has 0 bridgehead atoms. The first kappa shape index (κ1) is 17.6. The van der Waals surface area contributed by atoms with Gasteiger partial charge in [0, 0.05) is 13.0 Å². The maximum absolute atomic E-state index is 11.8. The summed E-state index contributed by atoms with van der Waals surface area (Å²) in [6.07, 6.45) is 1.73. The lowest BCUT2D eigenvalue weighted by Crippen LogP contribution is -2.25. The maximum Gasteiger partial charge on any atom is 0.220 e. The number of halogens is 2. The average Bonchev–Trinajstić information content (AvgIpc) is 2.57. The van der Waals surface area contributed by atoms with E-state index in [1.807, 2.05) is 42.5 Å². The van der Waals surface area contributed by atoms with Crippen LogP contribution in [0.2, 0.25) is 10.0 Å². The van der Waals surface area contributed by atoms with Crippen LogP contribution >= 0.6 is 23.2 Å². The summed E-state index contributed by atoms with van der Waals surface area (Å²) < 4.78 is 5.56. The van der Waals surface area contributed by atoms with Crippen molar-refractivity contribution < 1.29 is 9.53 Å². The van der Waals surface area contributed by atoms with Gasteiger partial charge in [-0.1, -0.05) is 53.5 Å². The lowest BCUT2D eigenvalue weighted by atomic mass is 10.1. The third kappa shape index (κ3) is 6.12. The summed E-state index contributed by atoms with van der Waals surface area (Å²) in [7, 11) is 0. The van der Waals surface area contributed by atoms with E-state index < -0.39 is 0 Å². The summed E-state index contributed by atoms with van der Waals surface area (Å²) in [4.78, 5) is 11.8. The Morgan fingerprint density at radius 1 is 1.04 bits per heavy atom. The normalized spacial score (nSPS) is 10.3. The molecular formula is C18H19Cl2NO2. The Labute approximate surface area is 146 Å². The van der Waals surface area contributed by atoms with E-state index in [9.17, 15) is 4.79 Å². The molecule has 2 aromatic carbocycles. The van der Waals surface area contributed by atoms with Crippen LogP contribution in [-0.4, -0.2) is 19.1 Å². The van der Waals surface area contributed by atoms with E-state index in [-0.39, 0.29) is 5.91 Å². The Balaban J connectivity index is 1.61. The topological polar surface area (TPSA) is 38.3 Å². The Hall–Kier alpha value is -1.71. The predicted octanol–water partition coefficient (Wildman–Crippen LogP) is 4.51. The van der Waals surface area contributed by atoms with E-state index in [4.69, 9.17) is 27.9 Å². The molecule has 0 unspecified atom stereocenters. The predicted molar refractivity (Wildman–Crippen MR) is 94.3 cm³/mol. The molecule has 0 atom stereocenters. The van der Waals surface area contributed by atoms with Crippen LogP contribution in [0.25, 0.3) is 0 Å². The van der Waals surface area contributed by atoms with Gasteiger partial charge in [-0.3, -0.25) is 4.79 Å². The molecular weight excluding hydrogens is 333 g/mol. The zero-order valence-corrected chi connectivity index (χ0v) is 14.2. The maximum atomic E-state index is 11.8. The number of hydrogen-bond acceptors (Lipinski definition) is 2. The van der Waals surface area contributed by atoms with Crippen LogP contribution in [-0.2, 0) is 11.2 Å². The standard InChI is InChI=1S/C18H19Cl2NO2/c19-16-9-4-6-14(18(16)20)10-11-17(22)21-12-5-13-23-15-7-2-1-3-8-15/h1-4,6-9H,5,10-13H2,(H,21,22). The summed E-state index contributed by atoms with van der Waals surface area (Å²) >= 11 is 12.1. The van der Waals surface area contributed by atoms with Crippen LogP contribution in [0.4, 0.5) is 0 Å². The van der Waals surface area contributed by atoms with Gasteiger partial charge in [0.2, 0.25) is 5.91 Å². The highest BCUT2D eigenvalue weighted by molar-refractivity contribution is 6.42. The Morgan fingerprint density at radius 3 is 2.61 bits per heavy atom. The fourth-order valence-corrected chi connectivity index (χ4v) is 2.50. The van der Waals surface area contributed by atoms with Crippen LogP contribution in [0.3, 0.4) is 0 Å². The van der Waals surface area contributed by atoms with Gasteiger partial charge in [-0.2, -0.15) is 0 Å². The first-order valence-corrected chi connectivity index (χ1v) is 8.30. The molecule has 122 valence electrons. The van der Waals surface area contributed by atoms with Crippen LogP contribution < -0.4 is 10.1 Å². The molecule has 2 aromatic rings. The SMILES string of the molecule is O=C(CCc1cccc(Cl)c1Cl)NCCCOc1ccccc1. The molecule has 23 heavy (non-hydrogen) atoms.